The molecule has 1 fully saturated rings. The zero-order valence-corrected chi connectivity index (χ0v) is 14.7. The van der Waals surface area contributed by atoms with Crippen molar-refractivity contribution in [2.24, 2.45) is 5.92 Å². The van der Waals surface area contributed by atoms with Gasteiger partial charge in [0.1, 0.15) is 18.4 Å². The Kier molecular flexibility index (Phi) is 6.97. The van der Waals surface area contributed by atoms with E-state index in [2.05, 4.69) is 26.8 Å². The van der Waals surface area contributed by atoms with Crippen LogP contribution in [-0.4, -0.2) is 37.3 Å². The van der Waals surface area contributed by atoms with Crippen molar-refractivity contribution in [3.8, 4) is 0 Å². The molecule has 0 spiro atoms. The molecule has 1 heterocycles. The van der Waals surface area contributed by atoms with Crippen LogP contribution in [0.5, 0.6) is 0 Å². The van der Waals surface area contributed by atoms with Gasteiger partial charge in [0.2, 0.25) is 0 Å². The first-order valence-corrected chi connectivity index (χ1v) is 9.24. The second-order valence-electron chi connectivity index (χ2n) is 6.72. The topological polar surface area (TPSA) is 22.4 Å². The molecule has 22 heavy (non-hydrogen) atoms. The minimum absolute atomic E-state index is 0.155. The van der Waals surface area contributed by atoms with Crippen molar-refractivity contribution < 1.29 is 13.6 Å². The predicted molar refractivity (Wildman–Crippen MR) is 90.7 cm³/mol. The first kappa shape index (κ1) is 17.6. The fourth-order valence-corrected chi connectivity index (χ4v) is 3.86. The lowest BCUT2D eigenvalue weighted by molar-refractivity contribution is -0.923. The van der Waals surface area contributed by atoms with Crippen LogP contribution >= 0.6 is 0 Å². The first-order valence-electron chi connectivity index (χ1n) is 9.24. The molecule has 3 nitrogen and oxygen atoms in total. The molecule has 0 amide bonds. The van der Waals surface area contributed by atoms with Crippen LogP contribution in [0.25, 0.3) is 0 Å². The largest absolute Gasteiger partial charge is 0.467 e. The Morgan fingerprint density at radius 2 is 1.82 bits per heavy atom. The molecule has 0 aliphatic heterocycles. The predicted octanol–water partition coefficient (Wildman–Crippen LogP) is 4.79. The number of rotatable bonds is 9. The minimum Gasteiger partial charge on any atom is -0.467 e. The molecule has 1 aromatic heterocycles. The van der Waals surface area contributed by atoms with Crippen LogP contribution in [0.4, 0.5) is 0 Å². The molecule has 0 saturated heterocycles. The maximum atomic E-state index is 6.38. The Bertz CT molecular complexity index is 383. The van der Waals surface area contributed by atoms with Crippen LogP contribution in [0.1, 0.15) is 64.7 Å². The van der Waals surface area contributed by atoms with Crippen molar-refractivity contribution in [3.63, 3.8) is 0 Å². The number of nitrogens with zero attached hydrogens (tertiary/aromatic N) is 1. The summed E-state index contributed by atoms with van der Waals surface area (Å²) in [7, 11) is 0. The molecule has 0 aromatic carbocycles. The summed E-state index contributed by atoms with van der Waals surface area (Å²) in [6.45, 7) is 12.4. The number of hydrogen-bond donors (Lipinski definition) is 0. The number of hydrogen-bond acceptors (Lipinski definition) is 2. The second-order valence-corrected chi connectivity index (χ2v) is 6.72. The zero-order valence-electron chi connectivity index (χ0n) is 14.7. The number of likely N-dealkylation sites (N-methyl/N-ethyl adjacent to an activating group) is 1. The summed E-state index contributed by atoms with van der Waals surface area (Å²) >= 11 is 0. The minimum atomic E-state index is 0.155. The molecular weight excluding hydrogens is 274 g/mol. The molecule has 1 aromatic rings. The van der Waals surface area contributed by atoms with Crippen molar-refractivity contribution in [2.75, 3.05) is 32.8 Å². The summed E-state index contributed by atoms with van der Waals surface area (Å²) in [5.74, 6) is 1.65. The van der Waals surface area contributed by atoms with E-state index in [1.54, 1.807) is 6.26 Å². The molecule has 126 valence electrons. The van der Waals surface area contributed by atoms with Crippen molar-refractivity contribution in [2.45, 2.75) is 59.0 Å². The van der Waals surface area contributed by atoms with E-state index in [4.69, 9.17) is 9.15 Å². The number of quaternary nitrogens is 1. The van der Waals surface area contributed by atoms with Gasteiger partial charge in [-0.2, -0.15) is 0 Å². The normalized spacial score (nSPS) is 18.5. The van der Waals surface area contributed by atoms with Crippen LogP contribution in [0.15, 0.2) is 22.8 Å². The number of ether oxygens (including phenoxy) is 1. The van der Waals surface area contributed by atoms with Crippen LogP contribution in [0, 0.1) is 5.92 Å². The maximum absolute atomic E-state index is 6.38. The lowest BCUT2D eigenvalue weighted by Crippen LogP contribution is -2.49. The van der Waals surface area contributed by atoms with E-state index in [9.17, 15) is 0 Å². The van der Waals surface area contributed by atoms with E-state index in [1.165, 1.54) is 51.7 Å². The summed E-state index contributed by atoms with van der Waals surface area (Å²) in [5, 5.41) is 0. The Balaban J connectivity index is 1.95. The maximum Gasteiger partial charge on any atom is 0.132 e. The Hall–Kier alpha value is -0.800. The van der Waals surface area contributed by atoms with Crippen LogP contribution in [-0.2, 0) is 4.74 Å². The van der Waals surface area contributed by atoms with Gasteiger partial charge in [0.25, 0.3) is 0 Å². The van der Waals surface area contributed by atoms with Gasteiger partial charge in [-0.25, -0.2) is 0 Å². The Morgan fingerprint density at radius 3 is 2.36 bits per heavy atom. The molecule has 0 bridgehead atoms. The Morgan fingerprint density at radius 1 is 1.14 bits per heavy atom. The monoisotopic (exact) mass is 308 g/mol. The van der Waals surface area contributed by atoms with E-state index in [1.807, 2.05) is 6.07 Å². The molecule has 0 N–H and O–H groups in total. The quantitative estimate of drug-likeness (QED) is 0.612. The third-order valence-electron chi connectivity index (χ3n) is 5.78. The summed E-state index contributed by atoms with van der Waals surface area (Å²) < 4.78 is 13.2. The zero-order chi connectivity index (χ0) is 15.8. The average molecular weight is 308 g/mol. The lowest BCUT2D eigenvalue weighted by Gasteiger charge is -2.36. The van der Waals surface area contributed by atoms with Gasteiger partial charge in [-0.3, -0.25) is 0 Å². The van der Waals surface area contributed by atoms with Gasteiger partial charge >= 0.3 is 0 Å². The molecule has 1 atom stereocenters. The van der Waals surface area contributed by atoms with Crippen molar-refractivity contribution >= 4 is 0 Å². The van der Waals surface area contributed by atoms with E-state index in [0.717, 1.165) is 23.4 Å². The van der Waals surface area contributed by atoms with E-state index < -0.39 is 0 Å². The third kappa shape index (κ3) is 4.36. The molecule has 1 aliphatic rings. The second kappa shape index (κ2) is 8.73. The van der Waals surface area contributed by atoms with E-state index >= 15 is 0 Å². The van der Waals surface area contributed by atoms with E-state index in [-0.39, 0.29) is 6.10 Å². The smallest absolute Gasteiger partial charge is 0.132 e. The standard InChI is InChI=1S/C19H34NO2/c1-4-20(5-2,6-3)14-16-22-19(18-13-10-15-21-18)17-11-8-7-9-12-17/h10,13,15,17,19H,4-9,11-12,14,16H2,1-3H3/q+1. The fourth-order valence-electron chi connectivity index (χ4n) is 3.86. The van der Waals surface area contributed by atoms with Gasteiger partial charge in [0, 0.05) is 0 Å². The highest BCUT2D eigenvalue weighted by Gasteiger charge is 2.29. The van der Waals surface area contributed by atoms with Gasteiger partial charge in [0.05, 0.1) is 32.5 Å². The highest BCUT2D eigenvalue weighted by atomic mass is 16.5. The summed E-state index contributed by atoms with van der Waals surface area (Å²) in [6.07, 6.45) is 8.54. The number of furan rings is 1. The highest BCUT2D eigenvalue weighted by molar-refractivity contribution is 5.04. The van der Waals surface area contributed by atoms with Crippen LogP contribution in [0.2, 0.25) is 0 Å². The van der Waals surface area contributed by atoms with Gasteiger partial charge in [0.15, 0.2) is 0 Å². The van der Waals surface area contributed by atoms with Gasteiger partial charge < -0.3 is 13.6 Å². The highest BCUT2D eigenvalue weighted by Crippen LogP contribution is 2.37. The first-order chi connectivity index (χ1) is 10.7. The van der Waals surface area contributed by atoms with Gasteiger partial charge in [-0.15, -0.1) is 0 Å². The molecule has 0 radical (unpaired) electrons. The molecule has 1 unspecified atom stereocenters. The SMILES string of the molecule is CC[N+](CC)(CC)CCOC(c1ccco1)C1CCCCC1. The summed E-state index contributed by atoms with van der Waals surface area (Å²) in [4.78, 5) is 0. The van der Waals surface area contributed by atoms with Crippen molar-refractivity contribution in [1.82, 2.24) is 0 Å². The van der Waals surface area contributed by atoms with Gasteiger partial charge in [-0.05, 0) is 51.7 Å². The fraction of sp³-hybridized carbons (Fsp3) is 0.789. The van der Waals surface area contributed by atoms with Crippen LogP contribution in [0.3, 0.4) is 0 Å². The molecule has 1 aliphatic carbocycles. The Labute approximate surface area is 136 Å². The average Bonchev–Trinajstić information content (AvgIpc) is 3.11. The van der Waals surface area contributed by atoms with Crippen LogP contribution < -0.4 is 0 Å². The molecule has 1 saturated carbocycles. The molecule has 2 rings (SSSR count). The van der Waals surface area contributed by atoms with Crippen molar-refractivity contribution in [1.29, 1.82) is 0 Å². The molecular formula is C19H34NO2+. The van der Waals surface area contributed by atoms with Crippen molar-refractivity contribution in [3.05, 3.63) is 24.2 Å². The molecule has 3 heteroatoms. The van der Waals surface area contributed by atoms with E-state index in [0.29, 0.717) is 5.92 Å². The summed E-state index contributed by atoms with van der Waals surface area (Å²) in [5.41, 5.74) is 0. The summed E-state index contributed by atoms with van der Waals surface area (Å²) in [6, 6.07) is 4.07. The lowest BCUT2D eigenvalue weighted by atomic mass is 9.84. The third-order valence-corrected chi connectivity index (χ3v) is 5.78. The van der Waals surface area contributed by atoms with Gasteiger partial charge in [-0.1, -0.05) is 19.3 Å².